The van der Waals surface area contributed by atoms with Crippen LogP contribution in [-0.2, 0) is 9.47 Å². The summed E-state index contributed by atoms with van der Waals surface area (Å²) >= 11 is 0. The maximum atomic E-state index is 5.93. The Balaban J connectivity index is 1.66. The summed E-state index contributed by atoms with van der Waals surface area (Å²) in [6.07, 6.45) is 6.93. The van der Waals surface area contributed by atoms with Crippen LogP contribution in [0.5, 0.6) is 0 Å². The van der Waals surface area contributed by atoms with E-state index in [0.29, 0.717) is 17.6 Å². The van der Waals surface area contributed by atoms with Crippen molar-refractivity contribution in [1.82, 2.24) is 10.2 Å². The molecule has 2 saturated heterocycles. The molecule has 1 N–H and O–H groups in total. The summed E-state index contributed by atoms with van der Waals surface area (Å²) in [6.45, 7) is 6.42. The number of piperidine rings is 1. The normalized spacial score (nSPS) is 35.2. The minimum absolute atomic E-state index is 0.366. The van der Waals surface area contributed by atoms with Gasteiger partial charge in [-0.05, 0) is 45.2 Å². The largest absolute Gasteiger partial charge is 0.384 e. The molecule has 2 aliphatic heterocycles. The van der Waals surface area contributed by atoms with Gasteiger partial charge in [0.25, 0.3) is 0 Å². The molecule has 0 aromatic heterocycles. The molecule has 2 unspecified atom stereocenters. The highest BCUT2D eigenvalue weighted by Crippen LogP contribution is 2.35. The van der Waals surface area contributed by atoms with Crippen LogP contribution in [0.4, 0.5) is 0 Å². The molecule has 0 bridgehead atoms. The van der Waals surface area contributed by atoms with E-state index in [1.54, 1.807) is 0 Å². The molecular formula is C15H28N2O2. The number of morpholine rings is 1. The van der Waals surface area contributed by atoms with Crippen molar-refractivity contribution in [1.29, 1.82) is 0 Å². The number of hydrogen-bond acceptors (Lipinski definition) is 4. The molecule has 2 heterocycles. The van der Waals surface area contributed by atoms with Gasteiger partial charge in [-0.25, -0.2) is 0 Å². The van der Waals surface area contributed by atoms with Gasteiger partial charge < -0.3 is 14.8 Å². The van der Waals surface area contributed by atoms with Crippen LogP contribution in [0.25, 0.3) is 0 Å². The average molecular weight is 268 g/mol. The van der Waals surface area contributed by atoms with Crippen molar-refractivity contribution in [2.24, 2.45) is 5.41 Å². The highest BCUT2D eigenvalue weighted by atomic mass is 16.5. The quantitative estimate of drug-likeness (QED) is 0.832. The molecule has 0 aromatic rings. The minimum atomic E-state index is 0.366. The summed E-state index contributed by atoms with van der Waals surface area (Å²) in [5.74, 6) is 0. The van der Waals surface area contributed by atoms with Crippen molar-refractivity contribution in [3.05, 3.63) is 0 Å². The molecule has 3 rings (SSSR count). The van der Waals surface area contributed by atoms with Crippen molar-refractivity contribution in [3.63, 3.8) is 0 Å². The lowest BCUT2D eigenvalue weighted by Gasteiger charge is -2.45. The van der Waals surface area contributed by atoms with Crippen molar-refractivity contribution >= 4 is 0 Å². The summed E-state index contributed by atoms with van der Waals surface area (Å²) in [7, 11) is 1.85. The topological polar surface area (TPSA) is 33.7 Å². The summed E-state index contributed by atoms with van der Waals surface area (Å²) in [5, 5.41) is 3.48. The van der Waals surface area contributed by atoms with Gasteiger partial charge in [-0.1, -0.05) is 0 Å². The van der Waals surface area contributed by atoms with Crippen molar-refractivity contribution < 1.29 is 9.47 Å². The Bertz CT molecular complexity index is 286. The maximum Gasteiger partial charge on any atom is 0.0730 e. The monoisotopic (exact) mass is 268 g/mol. The first kappa shape index (κ1) is 13.8. The fourth-order valence-corrected chi connectivity index (χ4v) is 4.24. The zero-order chi connectivity index (χ0) is 13.1. The minimum Gasteiger partial charge on any atom is -0.384 e. The van der Waals surface area contributed by atoms with Gasteiger partial charge in [-0.15, -0.1) is 0 Å². The third-order valence-corrected chi connectivity index (χ3v) is 5.25. The van der Waals surface area contributed by atoms with E-state index in [1.807, 2.05) is 7.11 Å². The molecule has 4 nitrogen and oxygen atoms in total. The molecule has 1 aliphatic carbocycles. The summed E-state index contributed by atoms with van der Waals surface area (Å²) in [6, 6.07) is 0.678. The molecule has 0 spiro atoms. The van der Waals surface area contributed by atoms with Gasteiger partial charge in [-0.2, -0.15) is 0 Å². The molecule has 0 aromatic carbocycles. The second-order valence-electron chi connectivity index (χ2n) is 6.56. The predicted octanol–water partition coefficient (Wildman–Crippen LogP) is 1.26. The van der Waals surface area contributed by atoms with E-state index in [0.717, 1.165) is 32.8 Å². The lowest BCUT2D eigenvalue weighted by molar-refractivity contribution is -0.0804. The van der Waals surface area contributed by atoms with Crippen LogP contribution in [0.15, 0.2) is 0 Å². The number of nitrogens with zero attached hydrogens (tertiary/aromatic N) is 1. The number of methoxy groups -OCH3 is 1. The second-order valence-corrected chi connectivity index (χ2v) is 6.56. The number of rotatable bonds is 4. The average Bonchev–Trinajstić information content (AvgIpc) is 2.89. The fraction of sp³-hybridized carbons (Fsp3) is 1.00. The summed E-state index contributed by atoms with van der Waals surface area (Å²) in [5.41, 5.74) is 0.366. The summed E-state index contributed by atoms with van der Waals surface area (Å²) in [4.78, 5) is 2.71. The highest BCUT2D eigenvalue weighted by Gasteiger charge is 2.41. The first-order chi connectivity index (χ1) is 9.33. The molecule has 2 atom stereocenters. The maximum absolute atomic E-state index is 5.93. The van der Waals surface area contributed by atoms with Gasteiger partial charge in [0, 0.05) is 31.7 Å². The smallest absolute Gasteiger partial charge is 0.0730 e. The number of ether oxygens (including phenoxy) is 2. The zero-order valence-corrected chi connectivity index (χ0v) is 12.2. The fourth-order valence-electron chi connectivity index (χ4n) is 4.24. The van der Waals surface area contributed by atoms with E-state index in [4.69, 9.17) is 9.47 Å². The van der Waals surface area contributed by atoms with Crippen molar-refractivity contribution in [3.8, 4) is 0 Å². The van der Waals surface area contributed by atoms with E-state index in [2.05, 4.69) is 10.2 Å². The molecular weight excluding hydrogens is 240 g/mol. The molecule has 4 heteroatoms. The zero-order valence-electron chi connectivity index (χ0n) is 12.2. The molecule has 0 amide bonds. The Morgan fingerprint density at radius 3 is 2.95 bits per heavy atom. The number of nitrogens with one attached hydrogen (secondary N) is 1. The Morgan fingerprint density at radius 1 is 1.32 bits per heavy atom. The molecule has 110 valence electrons. The van der Waals surface area contributed by atoms with Gasteiger partial charge in [0.1, 0.15) is 0 Å². The highest BCUT2D eigenvalue weighted by molar-refractivity contribution is 4.94. The first-order valence-corrected chi connectivity index (χ1v) is 7.88. The second kappa shape index (κ2) is 6.08. The van der Waals surface area contributed by atoms with E-state index in [-0.39, 0.29) is 0 Å². The van der Waals surface area contributed by atoms with Crippen LogP contribution >= 0.6 is 0 Å². The lowest BCUT2D eigenvalue weighted by atomic mass is 9.78. The van der Waals surface area contributed by atoms with Gasteiger partial charge in [0.05, 0.1) is 19.3 Å². The third kappa shape index (κ3) is 2.97. The first-order valence-electron chi connectivity index (χ1n) is 7.88. The van der Waals surface area contributed by atoms with Gasteiger partial charge in [-0.3, -0.25) is 4.90 Å². The Hall–Kier alpha value is -0.160. The van der Waals surface area contributed by atoms with Crippen molar-refractivity contribution in [2.75, 3.05) is 46.5 Å². The molecule has 0 radical (unpaired) electrons. The van der Waals surface area contributed by atoms with Crippen LogP contribution in [-0.4, -0.2) is 63.5 Å². The predicted molar refractivity (Wildman–Crippen MR) is 75.4 cm³/mol. The third-order valence-electron chi connectivity index (χ3n) is 5.25. The van der Waals surface area contributed by atoms with Crippen LogP contribution in [0.2, 0.25) is 0 Å². The van der Waals surface area contributed by atoms with E-state index >= 15 is 0 Å². The van der Waals surface area contributed by atoms with Crippen LogP contribution in [0.1, 0.15) is 32.1 Å². The van der Waals surface area contributed by atoms with Crippen LogP contribution in [0, 0.1) is 5.41 Å². The number of hydrogen-bond donors (Lipinski definition) is 1. The van der Waals surface area contributed by atoms with Gasteiger partial charge in [0.2, 0.25) is 0 Å². The number of fused-ring (bicyclic) bond motifs is 1. The van der Waals surface area contributed by atoms with E-state index < -0.39 is 0 Å². The van der Waals surface area contributed by atoms with Crippen LogP contribution in [0.3, 0.4) is 0 Å². The molecule has 3 aliphatic rings. The lowest BCUT2D eigenvalue weighted by Crippen LogP contribution is -2.55. The van der Waals surface area contributed by atoms with Gasteiger partial charge in [0.15, 0.2) is 0 Å². The summed E-state index contributed by atoms with van der Waals surface area (Å²) < 4.78 is 11.5. The molecule has 1 saturated carbocycles. The van der Waals surface area contributed by atoms with E-state index in [9.17, 15) is 0 Å². The van der Waals surface area contributed by atoms with Crippen LogP contribution < -0.4 is 5.32 Å². The Labute approximate surface area is 116 Å². The Morgan fingerprint density at radius 2 is 2.16 bits per heavy atom. The Kier molecular flexibility index (Phi) is 4.42. The van der Waals surface area contributed by atoms with E-state index in [1.165, 1.54) is 38.6 Å². The molecule has 19 heavy (non-hydrogen) atoms. The SMILES string of the molecule is COCC1(CN2CCOC3CCCC32)CCNCC1. The standard InChI is InChI=1S/C15H28N2O2/c1-18-12-15(5-7-16-8-6-15)11-17-9-10-19-14-4-2-3-13(14)17/h13-14,16H,2-12H2,1H3. The van der Waals surface area contributed by atoms with Gasteiger partial charge >= 0.3 is 0 Å². The molecule has 3 fully saturated rings. The van der Waals surface area contributed by atoms with Crippen molar-refractivity contribution in [2.45, 2.75) is 44.2 Å².